The van der Waals surface area contributed by atoms with Gasteiger partial charge in [0, 0.05) is 13.1 Å². The second kappa shape index (κ2) is 5.90. The standard InChI is InChI=1S/C12H15BrFN3O3S/c1-17(6-12(18)16-7-2-3-7)21(19,20)11-4-8(13)9(14)5-10(11)15/h4-5,7H,2-3,6,15H2,1H3,(H,16,18). The van der Waals surface area contributed by atoms with Crippen molar-refractivity contribution in [2.45, 2.75) is 23.8 Å². The van der Waals surface area contributed by atoms with E-state index in [9.17, 15) is 17.6 Å². The Morgan fingerprint density at radius 2 is 2.14 bits per heavy atom. The SMILES string of the molecule is CN(CC(=O)NC1CC1)S(=O)(=O)c1cc(Br)c(F)cc1N. The molecule has 0 atom stereocenters. The highest BCUT2D eigenvalue weighted by Crippen LogP contribution is 2.28. The van der Waals surface area contributed by atoms with Gasteiger partial charge in [-0.3, -0.25) is 4.79 Å². The molecule has 6 nitrogen and oxygen atoms in total. The molecule has 0 aromatic heterocycles. The number of nitrogens with one attached hydrogen (secondary N) is 1. The van der Waals surface area contributed by atoms with Crippen LogP contribution in [-0.4, -0.2) is 38.3 Å². The van der Waals surface area contributed by atoms with Crippen LogP contribution in [0.2, 0.25) is 0 Å². The molecule has 0 saturated heterocycles. The number of carbonyl (C=O) groups excluding carboxylic acids is 1. The Morgan fingerprint density at radius 3 is 2.71 bits per heavy atom. The second-order valence-electron chi connectivity index (χ2n) is 4.91. The molecule has 1 aromatic rings. The number of hydrogen-bond donors (Lipinski definition) is 2. The third kappa shape index (κ3) is 3.72. The summed E-state index contributed by atoms with van der Waals surface area (Å²) in [6.45, 7) is -0.312. The van der Waals surface area contributed by atoms with Gasteiger partial charge < -0.3 is 11.1 Å². The highest BCUT2D eigenvalue weighted by molar-refractivity contribution is 9.10. The maximum atomic E-state index is 13.3. The van der Waals surface area contributed by atoms with Gasteiger partial charge in [0.05, 0.1) is 16.7 Å². The topological polar surface area (TPSA) is 92.5 Å². The van der Waals surface area contributed by atoms with Crippen LogP contribution in [0.1, 0.15) is 12.8 Å². The van der Waals surface area contributed by atoms with Crippen LogP contribution >= 0.6 is 15.9 Å². The number of halogens is 2. The number of nitrogens with zero attached hydrogens (tertiary/aromatic N) is 1. The molecule has 116 valence electrons. The Bertz CT molecular complexity index is 677. The van der Waals surface area contributed by atoms with Gasteiger partial charge in [0.2, 0.25) is 15.9 Å². The zero-order valence-corrected chi connectivity index (χ0v) is 13.7. The average molecular weight is 380 g/mol. The summed E-state index contributed by atoms with van der Waals surface area (Å²) < 4.78 is 38.9. The van der Waals surface area contributed by atoms with Crippen molar-refractivity contribution in [1.29, 1.82) is 0 Å². The Kier molecular flexibility index (Phi) is 4.54. The molecule has 1 aliphatic rings. The number of amides is 1. The van der Waals surface area contributed by atoms with Gasteiger partial charge in [-0.2, -0.15) is 4.31 Å². The number of hydrogen-bond acceptors (Lipinski definition) is 4. The monoisotopic (exact) mass is 379 g/mol. The average Bonchev–Trinajstić information content (AvgIpc) is 3.17. The van der Waals surface area contributed by atoms with Gasteiger partial charge in [-0.05, 0) is 40.9 Å². The molecule has 1 amide bonds. The molecule has 0 spiro atoms. The molecule has 0 heterocycles. The molecule has 21 heavy (non-hydrogen) atoms. The predicted molar refractivity (Wildman–Crippen MR) is 79.5 cm³/mol. The fourth-order valence-corrected chi connectivity index (χ4v) is 3.46. The highest BCUT2D eigenvalue weighted by Gasteiger charge is 2.28. The van der Waals surface area contributed by atoms with E-state index < -0.39 is 15.8 Å². The first-order valence-corrected chi connectivity index (χ1v) is 8.45. The Morgan fingerprint density at radius 1 is 1.52 bits per heavy atom. The summed E-state index contributed by atoms with van der Waals surface area (Å²) in [7, 11) is -2.69. The molecule has 9 heteroatoms. The number of carbonyl (C=O) groups is 1. The summed E-state index contributed by atoms with van der Waals surface area (Å²) in [5.41, 5.74) is 5.36. The molecular weight excluding hydrogens is 365 g/mol. The van der Waals surface area contributed by atoms with E-state index in [-0.39, 0.29) is 33.5 Å². The minimum absolute atomic E-state index is 0.00823. The van der Waals surface area contributed by atoms with E-state index in [0.717, 1.165) is 29.3 Å². The molecule has 0 radical (unpaired) electrons. The van der Waals surface area contributed by atoms with Crippen molar-refractivity contribution < 1.29 is 17.6 Å². The third-order valence-corrected chi connectivity index (χ3v) is 5.52. The smallest absolute Gasteiger partial charge is 0.245 e. The second-order valence-corrected chi connectivity index (χ2v) is 7.77. The highest BCUT2D eigenvalue weighted by atomic mass is 79.9. The number of benzene rings is 1. The predicted octanol–water partition coefficient (Wildman–Crippen LogP) is 1.07. The summed E-state index contributed by atoms with van der Waals surface area (Å²) in [5, 5.41) is 2.70. The molecule has 1 aliphatic carbocycles. The van der Waals surface area contributed by atoms with E-state index in [1.54, 1.807) is 0 Å². The number of rotatable bonds is 5. The van der Waals surface area contributed by atoms with Gasteiger partial charge >= 0.3 is 0 Å². The van der Waals surface area contributed by atoms with Gasteiger partial charge in [-0.1, -0.05) is 0 Å². The first-order chi connectivity index (χ1) is 9.71. The van der Waals surface area contributed by atoms with Gasteiger partial charge in [0.15, 0.2) is 0 Å². The van der Waals surface area contributed by atoms with Crippen LogP contribution in [0.4, 0.5) is 10.1 Å². The van der Waals surface area contributed by atoms with Crippen molar-refractivity contribution >= 4 is 37.5 Å². The lowest BCUT2D eigenvalue weighted by Crippen LogP contribution is -2.39. The van der Waals surface area contributed by atoms with Crippen LogP contribution in [0, 0.1) is 5.82 Å². The number of sulfonamides is 1. The van der Waals surface area contributed by atoms with E-state index in [1.807, 2.05) is 0 Å². The Labute approximate surface area is 130 Å². The molecule has 3 N–H and O–H groups in total. The molecule has 1 saturated carbocycles. The molecule has 0 bridgehead atoms. The van der Waals surface area contributed by atoms with Crippen LogP contribution in [0.5, 0.6) is 0 Å². The lowest BCUT2D eigenvalue weighted by Gasteiger charge is -2.18. The Balaban J connectivity index is 2.20. The minimum atomic E-state index is -3.97. The number of nitrogens with two attached hydrogens (primary N) is 1. The normalized spacial score (nSPS) is 15.2. The van der Waals surface area contributed by atoms with Crippen LogP contribution in [0.25, 0.3) is 0 Å². The molecule has 0 aliphatic heterocycles. The van der Waals surface area contributed by atoms with Crippen molar-refractivity contribution in [3.8, 4) is 0 Å². The van der Waals surface area contributed by atoms with E-state index in [2.05, 4.69) is 21.2 Å². The van der Waals surface area contributed by atoms with Crippen molar-refractivity contribution in [2.75, 3.05) is 19.3 Å². The maximum absolute atomic E-state index is 13.3. The van der Waals surface area contributed by atoms with Gasteiger partial charge in [0.25, 0.3) is 0 Å². The molecule has 2 rings (SSSR count). The molecule has 1 fully saturated rings. The summed E-state index contributed by atoms with van der Waals surface area (Å²) in [6.07, 6.45) is 1.83. The van der Waals surface area contributed by atoms with Gasteiger partial charge in [0.1, 0.15) is 10.7 Å². The summed E-state index contributed by atoms with van der Waals surface area (Å²) in [6, 6.07) is 2.17. The van der Waals surface area contributed by atoms with Crippen LogP contribution in [-0.2, 0) is 14.8 Å². The lowest BCUT2D eigenvalue weighted by atomic mass is 10.3. The first kappa shape index (κ1) is 16.2. The largest absolute Gasteiger partial charge is 0.398 e. The van der Waals surface area contributed by atoms with Crippen LogP contribution < -0.4 is 11.1 Å². The summed E-state index contributed by atoms with van der Waals surface area (Å²) in [5.74, 6) is -1.02. The third-order valence-electron chi connectivity index (χ3n) is 3.05. The van der Waals surface area contributed by atoms with E-state index in [1.165, 1.54) is 7.05 Å². The molecular formula is C12H15BrFN3O3S. The van der Waals surface area contributed by atoms with E-state index in [0.29, 0.717) is 0 Å². The number of likely N-dealkylation sites (N-methyl/N-ethyl adjacent to an activating group) is 1. The van der Waals surface area contributed by atoms with Crippen LogP contribution in [0.15, 0.2) is 21.5 Å². The van der Waals surface area contributed by atoms with Crippen molar-refractivity contribution in [3.05, 3.63) is 22.4 Å². The summed E-state index contributed by atoms with van der Waals surface area (Å²) in [4.78, 5) is 11.4. The fraction of sp³-hybridized carbons (Fsp3) is 0.417. The zero-order valence-electron chi connectivity index (χ0n) is 11.3. The van der Waals surface area contributed by atoms with E-state index >= 15 is 0 Å². The van der Waals surface area contributed by atoms with Crippen molar-refractivity contribution in [2.24, 2.45) is 0 Å². The lowest BCUT2D eigenvalue weighted by molar-refractivity contribution is -0.121. The van der Waals surface area contributed by atoms with Crippen molar-refractivity contribution in [1.82, 2.24) is 9.62 Å². The number of nitrogen functional groups attached to an aromatic ring is 1. The van der Waals surface area contributed by atoms with Crippen LogP contribution in [0.3, 0.4) is 0 Å². The van der Waals surface area contributed by atoms with Gasteiger partial charge in [-0.25, -0.2) is 12.8 Å². The molecule has 1 aromatic carbocycles. The number of anilines is 1. The first-order valence-electron chi connectivity index (χ1n) is 6.22. The minimum Gasteiger partial charge on any atom is -0.398 e. The maximum Gasteiger partial charge on any atom is 0.245 e. The van der Waals surface area contributed by atoms with Crippen molar-refractivity contribution in [3.63, 3.8) is 0 Å². The molecule has 0 unspecified atom stereocenters. The van der Waals surface area contributed by atoms with E-state index in [4.69, 9.17) is 5.73 Å². The zero-order chi connectivity index (χ0) is 15.8. The quantitative estimate of drug-likeness (QED) is 0.748. The Hall–Kier alpha value is -1.19. The van der Waals surface area contributed by atoms with Gasteiger partial charge in [-0.15, -0.1) is 0 Å². The fourth-order valence-electron chi connectivity index (χ4n) is 1.72. The summed E-state index contributed by atoms with van der Waals surface area (Å²) >= 11 is 2.92.